The molecule has 1 aliphatic rings. The number of aliphatic hydroxyl groups excluding tert-OH is 1. The first-order chi connectivity index (χ1) is 44.4. The van der Waals surface area contributed by atoms with Crippen LogP contribution in [0.25, 0.3) is 21.8 Å². The average molecular weight is 1290 g/mol. The number of fused-ring (bicyclic) bond motifs is 2. The summed E-state index contributed by atoms with van der Waals surface area (Å²) in [4.78, 5) is 140. The van der Waals surface area contributed by atoms with E-state index in [2.05, 4.69) is 41.9 Å². The molecule has 23 nitrogen and oxygen atoms in total. The number of aromatic amines is 2. The monoisotopic (exact) mass is 1290 g/mol. The van der Waals surface area contributed by atoms with E-state index in [1.54, 1.807) is 73.1 Å². The molecular weight excluding hydrogens is 1210 g/mol. The predicted molar refractivity (Wildman–Crippen MR) is 356 cm³/mol. The fourth-order valence-electron chi connectivity index (χ4n) is 11.0. The van der Waals surface area contributed by atoms with Crippen molar-refractivity contribution < 1.29 is 48.3 Å². The molecule has 0 bridgehead atoms. The maximum atomic E-state index is 15.4. The first kappa shape index (κ1) is 68.9. The molecule has 5 aromatic carbocycles. The van der Waals surface area contributed by atoms with E-state index >= 15 is 14.4 Å². The Kier molecular flexibility index (Phi) is 25.8. The van der Waals surface area contributed by atoms with Gasteiger partial charge in [0.1, 0.15) is 36.3 Å². The first-order valence-electron chi connectivity index (χ1n) is 30.7. The van der Waals surface area contributed by atoms with Crippen molar-refractivity contribution >= 4 is 96.6 Å². The highest BCUT2D eigenvalue weighted by molar-refractivity contribution is 8.76. The normalized spacial score (nSPS) is 20.8. The van der Waals surface area contributed by atoms with Crippen molar-refractivity contribution in [2.24, 2.45) is 17.2 Å². The number of rotatable bonds is 18. The lowest BCUT2D eigenvalue weighted by Gasteiger charge is -2.30. The van der Waals surface area contributed by atoms with Crippen molar-refractivity contribution in [3.63, 3.8) is 0 Å². The Balaban J connectivity index is 1.18. The molecule has 0 aliphatic carbocycles. The highest BCUT2D eigenvalue weighted by atomic mass is 33.1. The summed E-state index contributed by atoms with van der Waals surface area (Å²) in [6.45, 7) is 0.435. The molecule has 2 aromatic heterocycles. The number of hydrogen-bond acceptors (Lipinski definition) is 14. The van der Waals surface area contributed by atoms with E-state index in [0.717, 1.165) is 27.4 Å². The Labute approximate surface area is 541 Å². The van der Waals surface area contributed by atoms with Gasteiger partial charge < -0.3 is 74.0 Å². The Morgan fingerprint density at radius 2 is 1.01 bits per heavy atom. The number of carbonyl (C=O) groups is 9. The summed E-state index contributed by atoms with van der Waals surface area (Å²) in [6.07, 6.45) is 2.38. The number of H-pyrrole nitrogens is 2. The summed E-state index contributed by atoms with van der Waals surface area (Å²) in [5.41, 5.74) is 23.1. The number of unbranched alkanes of at least 4 members (excludes halogenated alkanes) is 1. The third-order valence-corrected chi connectivity index (χ3v) is 18.2. The van der Waals surface area contributed by atoms with Crippen molar-refractivity contribution in [2.45, 2.75) is 107 Å². The van der Waals surface area contributed by atoms with Gasteiger partial charge in [0.15, 0.2) is 0 Å². The largest absolute Gasteiger partial charge is 0.391 e. The van der Waals surface area contributed by atoms with E-state index in [0.29, 0.717) is 35.1 Å². The third kappa shape index (κ3) is 20.0. The predicted octanol–water partition coefficient (Wildman–Crippen LogP) is 2.45. The van der Waals surface area contributed by atoms with Crippen LogP contribution in [0.2, 0.25) is 0 Å². The molecule has 92 heavy (non-hydrogen) atoms. The molecule has 0 spiro atoms. The van der Waals surface area contributed by atoms with Gasteiger partial charge in [-0.15, -0.1) is 0 Å². The maximum Gasteiger partial charge on any atom is 0.245 e. The number of nitrogens with one attached hydrogen (secondary N) is 8. The molecule has 1 saturated heterocycles. The standard InChI is InChI=1S/C67H81N13O10S2/c1-42(81)60-65(88)77-57(35-45-21-9-4-10-22-45)67(90)79(40-58(70)82)29-31-91-92-32-30-80(66(89)50(69)33-43-17-5-2-6-18-43)41-59(83)73-54(34-44-19-7-3-8-20-44)62(85)75-56(37-47-39-72-52-26-14-12-24-49(47)52)64(87)76-55(36-46-38-71-51-25-13-11-23-48(46)51)63(86)74-53(61(84)78-60)27-15-16-28-68/h2-14,17-26,38-39,42,50,53-57,60,71-72,81H,15-16,27-37,40-41,68-69H2,1H3,(H2,70,82)(H,73,83)(H,74,86)(H,75,85)(H,76,87)(H,77,88)(H,78,84)/t42-,50-,53+,54+,55-,56+,57+,60-/m1/s1. The molecule has 1 fully saturated rings. The first-order valence-corrected chi connectivity index (χ1v) is 33.2. The number of carbonyl (C=O) groups excluding carboxylic acids is 9. The van der Waals surface area contributed by atoms with Crippen molar-refractivity contribution in [3.05, 3.63) is 180 Å². The summed E-state index contributed by atoms with van der Waals surface area (Å²) in [5, 5.41) is 29.6. The van der Waals surface area contributed by atoms with Crippen LogP contribution in [-0.4, -0.2) is 171 Å². The molecule has 0 unspecified atom stereocenters. The molecule has 8 atom stereocenters. The van der Waals surface area contributed by atoms with Gasteiger partial charge in [-0.05, 0) is 79.1 Å². The average Bonchev–Trinajstić information content (AvgIpc) is 1.66. The van der Waals surface area contributed by atoms with Crippen LogP contribution in [0.5, 0.6) is 0 Å². The lowest BCUT2D eigenvalue weighted by molar-refractivity contribution is -0.140. The topological polar surface area (TPSA) is 362 Å². The molecular formula is C67H81N13O10S2. The second-order valence-electron chi connectivity index (χ2n) is 22.8. The van der Waals surface area contributed by atoms with Crippen LogP contribution in [-0.2, 0) is 75.3 Å². The summed E-state index contributed by atoms with van der Waals surface area (Å²) < 4.78 is 0. The number of nitrogens with zero attached hydrogens (tertiary/aromatic N) is 2. The Morgan fingerprint density at radius 3 is 1.53 bits per heavy atom. The number of amides is 9. The van der Waals surface area contributed by atoms with Gasteiger partial charge in [0.05, 0.1) is 25.2 Å². The molecule has 0 saturated carbocycles. The van der Waals surface area contributed by atoms with E-state index < -0.39 is 115 Å². The number of aliphatic hydroxyl groups is 1. The second kappa shape index (κ2) is 34.4. The van der Waals surface area contributed by atoms with Crippen molar-refractivity contribution in [2.75, 3.05) is 44.2 Å². The zero-order valence-electron chi connectivity index (χ0n) is 51.2. The van der Waals surface area contributed by atoms with Gasteiger partial charge in [0.2, 0.25) is 53.2 Å². The highest BCUT2D eigenvalue weighted by Gasteiger charge is 2.37. The zero-order chi connectivity index (χ0) is 65.5. The minimum atomic E-state index is -1.70. The minimum Gasteiger partial charge on any atom is -0.391 e. The fourth-order valence-corrected chi connectivity index (χ4v) is 13.0. The smallest absolute Gasteiger partial charge is 0.245 e. The number of hydrogen-bond donors (Lipinski definition) is 12. The van der Waals surface area contributed by atoms with Crippen molar-refractivity contribution in [1.29, 1.82) is 0 Å². The molecule has 25 heteroatoms. The summed E-state index contributed by atoms with van der Waals surface area (Å²) in [5.74, 6) is -6.52. The Hall–Kier alpha value is -9.01. The quantitative estimate of drug-likeness (QED) is 0.0434. The highest BCUT2D eigenvalue weighted by Crippen LogP contribution is 2.24. The van der Waals surface area contributed by atoms with Gasteiger partial charge in [-0.3, -0.25) is 43.2 Å². The molecule has 1 aliphatic heterocycles. The van der Waals surface area contributed by atoms with Crippen LogP contribution in [0, 0.1) is 0 Å². The third-order valence-electron chi connectivity index (χ3n) is 15.8. The molecule has 9 amide bonds. The molecule has 7 aromatic rings. The summed E-state index contributed by atoms with van der Waals surface area (Å²) >= 11 is 0. The van der Waals surface area contributed by atoms with Gasteiger partial charge in [-0.2, -0.15) is 0 Å². The second-order valence-corrected chi connectivity index (χ2v) is 25.5. The van der Waals surface area contributed by atoms with Gasteiger partial charge in [-0.25, -0.2) is 0 Å². The number of benzene rings is 5. The molecule has 8 rings (SSSR count). The molecule has 0 radical (unpaired) electrons. The van der Waals surface area contributed by atoms with Crippen LogP contribution < -0.4 is 49.1 Å². The molecule has 3 heterocycles. The summed E-state index contributed by atoms with van der Waals surface area (Å²) in [7, 11) is 2.63. The van der Waals surface area contributed by atoms with Crippen molar-refractivity contribution in [3.8, 4) is 0 Å². The zero-order valence-corrected chi connectivity index (χ0v) is 52.9. The van der Waals surface area contributed by atoms with Gasteiger partial charge in [-0.1, -0.05) is 149 Å². The van der Waals surface area contributed by atoms with Crippen LogP contribution >= 0.6 is 21.6 Å². The Bertz CT molecular complexity index is 3630. The number of aromatic nitrogens is 2. The lowest BCUT2D eigenvalue weighted by atomic mass is 10.00. The number of para-hydroxylation sites is 2. The molecule has 486 valence electrons. The SMILES string of the molecule is C[C@@H](O)[C@H]1NC(=O)[C@H](CCCCN)NC(=O)[C@@H](Cc2c[nH]c3ccccc23)NC(=O)[C@H](Cc2c[nH]c3ccccc23)NC(=O)[C@H](Cc2ccccc2)NC(=O)CN(C(=O)[C@H](N)Cc2ccccc2)CCSSCCN(CC(N)=O)C(=O)[C@H](Cc2ccccc2)NC1=O. The maximum absolute atomic E-state index is 15.4. The summed E-state index contributed by atoms with van der Waals surface area (Å²) in [6, 6.07) is 31.9. The molecule has 15 N–H and O–H groups in total. The van der Waals surface area contributed by atoms with Gasteiger partial charge in [0.25, 0.3) is 0 Å². The minimum absolute atomic E-state index is 0.00661. The van der Waals surface area contributed by atoms with Gasteiger partial charge >= 0.3 is 0 Å². The van der Waals surface area contributed by atoms with Crippen LogP contribution in [0.3, 0.4) is 0 Å². The van der Waals surface area contributed by atoms with E-state index in [1.165, 1.54) is 38.3 Å². The van der Waals surface area contributed by atoms with Crippen LogP contribution in [0.1, 0.15) is 54.0 Å². The number of nitrogens with two attached hydrogens (primary N) is 3. The van der Waals surface area contributed by atoms with E-state index in [-0.39, 0.29) is 69.7 Å². The van der Waals surface area contributed by atoms with E-state index in [1.807, 2.05) is 78.9 Å². The van der Waals surface area contributed by atoms with Gasteiger partial charge in [0, 0.05) is 84.5 Å². The van der Waals surface area contributed by atoms with E-state index in [9.17, 15) is 33.9 Å². The lowest BCUT2D eigenvalue weighted by Crippen LogP contribution is -2.62. The van der Waals surface area contributed by atoms with Crippen LogP contribution in [0.4, 0.5) is 0 Å². The van der Waals surface area contributed by atoms with E-state index in [4.69, 9.17) is 17.2 Å². The number of primary amides is 1. The van der Waals surface area contributed by atoms with Crippen LogP contribution in [0.15, 0.2) is 152 Å². The van der Waals surface area contributed by atoms with Crippen molar-refractivity contribution in [1.82, 2.24) is 51.7 Å². The fraction of sp³-hybridized carbons (Fsp3) is 0.358. The Morgan fingerprint density at radius 1 is 0.554 bits per heavy atom.